The van der Waals surface area contributed by atoms with E-state index in [9.17, 15) is 0 Å². The summed E-state index contributed by atoms with van der Waals surface area (Å²) in [7, 11) is 3.90. The van der Waals surface area contributed by atoms with Gasteiger partial charge in [0, 0.05) is 11.8 Å². The van der Waals surface area contributed by atoms with Gasteiger partial charge in [-0.25, -0.2) is 0 Å². The van der Waals surface area contributed by atoms with Crippen LogP contribution in [-0.4, -0.2) is 18.8 Å². The Bertz CT molecular complexity index is 228. The van der Waals surface area contributed by atoms with Crippen molar-refractivity contribution in [2.24, 2.45) is 0 Å². The van der Waals surface area contributed by atoms with E-state index in [-0.39, 0.29) is 0 Å². The maximum absolute atomic E-state index is 3.21. The zero-order valence-corrected chi connectivity index (χ0v) is 10.6. The molecule has 0 aliphatic carbocycles. The third-order valence-corrected chi connectivity index (χ3v) is 4.61. The highest BCUT2D eigenvalue weighted by molar-refractivity contribution is 14.2. The topological polar surface area (TPSA) is 12.0 Å². The Morgan fingerprint density at radius 3 is 2.62 bits per heavy atom. The first kappa shape index (κ1) is 11.3. The van der Waals surface area contributed by atoms with E-state index in [1.807, 2.05) is 16.0 Å². The Labute approximate surface area is 96.3 Å². The molecular formula is C10H14INS. The highest BCUT2D eigenvalue weighted by atomic mass is 127. The van der Waals surface area contributed by atoms with Gasteiger partial charge in [0.25, 0.3) is 0 Å². The molecule has 0 bridgehead atoms. The van der Waals surface area contributed by atoms with Crippen LogP contribution in [0.2, 0.25) is 0 Å². The van der Waals surface area contributed by atoms with Crippen LogP contribution in [0.25, 0.3) is 0 Å². The fourth-order valence-electron chi connectivity index (χ4n) is 1.24. The Kier molecular flexibility index (Phi) is 5.82. The first-order valence-electron chi connectivity index (χ1n) is 4.32. The van der Waals surface area contributed by atoms with Gasteiger partial charge in [-0.2, -0.15) is 0 Å². The summed E-state index contributed by atoms with van der Waals surface area (Å²) >= 11 is 2.38. The first-order valence-corrected chi connectivity index (χ1v) is 7.75. The second kappa shape index (κ2) is 6.68. The summed E-state index contributed by atoms with van der Waals surface area (Å²) in [6.45, 7) is 1.07. The van der Waals surface area contributed by atoms with Gasteiger partial charge < -0.3 is 5.32 Å². The maximum atomic E-state index is 3.21. The molecule has 0 fully saturated rings. The SMILES string of the molecule is CNCC(Cc1ccccc1)SI. The van der Waals surface area contributed by atoms with Gasteiger partial charge in [-0.05, 0) is 40.2 Å². The molecule has 0 radical (unpaired) electrons. The molecule has 0 saturated carbocycles. The van der Waals surface area contributed by atoms with Gasteiger partial charge in [0.1, 0.15) is 0 Å². The molecule has 1 aromatic rings. The molecule has 1 aromatic carbocycles. The smallest absolute Gasteiger partial charge is 0.0313 e. The van der Waals surface area contributed by atoms with Gasteiger partial charge in [0.2, 0.25) is 0 Å². The Balaban J connectivity index is 2.46. The van der Waals surface area contributed by atoms with Crippen LogP contribution in [0.3, 0.4) is 0 Å². The van der Waals surface area contributed by atoms with Crippen molar-refractivity contribution in [2.45, 2.75) is 11.7 Å². The zero-order valence-electron chi connectivity index (χ0n) is 7.66. The number of hydrogen-bond donors (Lipinski definition) is 1. The van der Waals surface area contributed by atoms with Crippen molar-refractivity contribution in [2.75, 3.05) is 13.6 Å². The summed E-state index contributed by atoms with van der Waals surface area (Å²) in [5.41, 5.74) is 1.42. The molecule has 0 heterocycles. The predicted molar refractivity (Wildman–Crippen MR) is 69.5 cm³/mol. The Morgan fingerprint density at radius 2 is 2.08 bits per heavy atom. The molecule has 1 N–H and O–H groups in total. The lowest BCUT2D eigenvalue weighted by molar-refractivity contribution is 0.743. The van der Waals surface area contributed by atoms with Crippen LogP contribution < -0.4 is 5.32 Å². The second-order valence-corrected chi connectivity index (χ2v) is 5.33. The van der Waals surface area contributed by atoms with Crippen molar-refractivity contribution < 1.29 is 0 Å². The van der Waals surface area contributed by atoms with Gasteiger partial charge in [-0.3, -0.25) is 0 Å². The minimum atomic E-state index is 0.674. The van der Waals surface area contributed by atoms with Crippen molar-refractivity contribution in [1.29, 1.82) is 0 Å². The largest absolute Gasteiger partial charge is 0.319 e. The molecule has 13 heavy (non-hydrogen) atoms. The van der Waals surface area contributed by atoms with E-state index in [0.29, 0.717) is 5.25 Å². The Hall–Kier alpha value is 0.260. The molecule has 72 valence electrons. The second-order valence-electron chi connectivity index (χ2n) is 2.96. The van der Waals surface area contributed by atoms with Crippen LogP contribution in [0.5, 0.6) is 0 Å². The van der Waals surface area contributed by atoms with E-state index in [2.05, 4.69) is 56.9 Å². The van der Waals surface area contributed by atoms with Crippen molar-refractivity contribution in [3.63, 3.8) is 0 Å². The molecule has 1 unspecified atom stereocenters. The van der Waals surface area contributed by atoms with Crippen LogP contribution in [0.4, 0.5) is 0 Å². The summed E-state index contributed by atoms with van der Waals surface area (Å²) in [6, 6.07) is 10.6. The quantitative estimate of drug-likeness (QED) is 0.840. The van der Waals surface area contributed by atoms with Gasteiger partial charge in [0.05, 0.1) is 0 Å². The van der Waals surface area contributed by atoms with Crippen molar-refractivity contribution in [1.82, 2.24) is 5.32 Å². The van der Waals surface area contributed by atoms with Crippen molar-refractivity contribution in [3.05, 3.63) is 35.9 Å². The fraction of sp³-hybridized carbons (Fsp3) is 0.400. The fourth-order valence-corrected chi connectivity index (χ4v) is 2.80. The standard InChI is InChI=1S/C10H14INS/c1-12-8-10(13-11)7-9-5-3-2-4-6-9/h2-6,10,12H,7-8H2,1H3. The van der Waals surface area contributed by atoms with Crippen LogP contribution >= 0.6 is 30.1 Å². The van der Waals surface area contributed by atoms with E-state index >= 15 is 0 Å². The monoisotopic (exact) mass is 307 g/mol. The van der Waals surface area contributed by atoms with Crippen molar-refractivity contribution >= 4 is 30.1 Å². The minimum absolute atomic E-state index is 0.674. The van der Waals surface area contributed by atoms with E-state index < -0.39 is 0 Å². The molecule has 0 spiro atoms. The van der Waals surface area contributed by atoms with Crippen LogP contribution in [0.1, 0.15) is 5.56 Å². The molecular weight excluding hydrogens is 293 g/mol. The molecule has 0 saturated heterocycles. The van der Waals surface area contributed by atoms with Crippen LogP contribution in [-0.2, 0) is 6.42 Å². The molecule has 1 nitrogen and oxygen atoms in total. The summed E-state index contributed by atoms with van der Waals surface area (Å²) in [4.78, 5) is 0. The van der Waals surface area contributed by atoms with E-state index in [1.165, 1.54) is 5.56 Å². The van der Waals surface area contributed by atoms with Crippen LogP contribution in [0.15, 0.2) is 30.3 Å². The average molecular weight is 307 g/mol. The normalized spacial score (nSPS) is 12.8. The van der Waals surface area contributed by atoms with Crippen molar-refractivity contribution in [3.8, 4) is 0 Å². The predicted octanol–water partition coefficient (Wildman–Crippen LogP) is 2.90. The lowest BCUT2D eigenvalue weighted by Gasteiger charge is -2.12. The lowest BCUT2D eigenvalue weighted by Crippen LogP contribution is -2.21. The Morgan fingerprint density at radius 1 is 1.38 bits per heavy atom. The van der Waals surface area contributed by atoms with E-state index in [1.54, 1.807) is 0 Å². The molecule has 0 aliphatic rings. The zero-order chi connectivity index (χ0) is 9.52. The minimum Gasteiger partial charge on any atom is -0.319 e. The van der Waals surface area contributed by atoms with E-state index in [0.717, 1.165) is 13.0 Å². The molecule has 0 aromatic heterocycles. The van der Waals surface area contributed by atoms with Gasteiger partial charge in [-0.1, -0.05) is 39.3 Å². The van der Waals surface area contributed by atoms with Gasteiger partial charge in [-0.15, -0.1) is 0 Å². The average Bonchev–Trinajstić information content (AvgIpc) is 2.19. The summed E-state index contributed by atoms with van der Waals surface area (Å²) < 4.78 is 0. The van der Waals surface area contributed by atoms with Gasteiger partial charge >= 0.3 is 0 Å². The summed E-state index contributed by atoms with van der Waals surface area (Å²) in [6.07, 6.45) is 1.15. The number of benzene rings is 1. The number of nitrogens with one attached hydrogen (secondary N) is 1. The number of rotatable bonds is 5. The molecule has 1 atom stereocenters. The molecule has 0 amide bonds. The van der Waals surface area contributed by atoms with Gasteiger partial charge in [0.15, 0.2) is 0 Å². The highest BCUT2D eigenvalue weighted by Gasteiger charge is 2.06. The highest BCUT2D eigenvalue weighted by Crippen LogP contribution is 2.22. The van der Waals surface area contributed by atoms with E-state index in [4.69, 9.17) is 0 Å². The number of halogens is 1. The molecule has 1 rings (SSSR count). The molecule has 3 heteroatoms. The first-order chi connectivity index (χ1) is 6.36. The lowest BCUT2D eigenvalue weighted by atomic mass is 10.1. The third-order valence-electron chi connectivity index (χ3n) is 1.86. The summed E-state index contributed by atoms with van der Waals surface area (Å²) in [5.74, 6) is 0. The number of hydrogen-bond acceptors (Lipinski definition) is 2. The third kappa shape index (κ3) is 4.33. The molecule has 0 aliphatic heterocycles. The van der Waals surface area contributed by atoms with Crippen LogP contribution in [0, 0.1) is 0 Å². The summed E-state index contributed by atoms with van der Waals surface area (Å²) in [5, 5.41) is 3.89. The maximum Gasteiger partial charge on any atom is 0.0313 e.